The lowest BCUT2D eigenvalue weighted by molar-refractivity contribution is 0.648. The quantitative estimate of drug-likeness (QED) is 0.814. The normalized spacial score (nSPS) is 13.9. The van der Waals surface area contributed by atoms with Crippen LogP contribution in [0.2, 0.25) is 5.02 Å². The Hall–Kier alpha value is -0.540. The van der Waals surface area contributed by atoms with E-state index in [0.29, 0.717) is 16.5 Å². The Kier molecular flexibility index (Phi) is 3.79. The zero-order valence-electron chi connectivity index (χ0n) is 9.21. The van der Waals surface area contributed by atoms with Gasteiger partial charge in [0.1, 0.15) is 0 Å². The Morgan fingerprint density at radius 2 is 2.00 bits per heavy atom. The highest BCUT2D eigenvalue weighted by molar-refractivity contribution is 7.85. The van der Waals surface area contributed by atoms with Crippen LogP contribution in [-0.4, -0.2) is 8.96 Å². The van der Waals surface area contributed by atoms with E-state index < -0.39 is 10.8 Å². The predicted octanol–water partition coefficient (Wildman–Crippen LogP) is 2.97. The van der Waals surface area contributed by atoms with E-state index in [2.05, 4.69) is 0 Å². The van der Waals surface area contributed by atoms with Crippen LogP contribution < -0.4 is 5.73 Å². The van der Waals surface area contributed by atoms with Gasteiger partial charge < -0.3 is 5.73 Å². The van der Waals surface area contributed by atoms with Gasteiger partial charge in [-0.2, -0.15) is 0 Å². The van der Waals surface area contributed by atoms with Crippen LogP contribution in [0, 0.1) is 0 Å². The first-order valence-electron chi connectivity index (χ1n) is 4.73. The van der Waals surface area contributed by atoms with Gasteiger partial charge >= 0.3 is 0 Å². The molecule has 0 aromatic heterocycles. The van der Waals surface area contributed by atoms with Gasteiger partial charge in [0.25, 0.3) is 0 Å². The summed E-state index contributed by atoms with van der Waals surface area (Å²) in [5.41, 5.74) is 7.30. The first kappa shape index (κ1) is 12.5. The molecule has 84 valence electrons. The summed E-state index contributed by atoms with van der Waals surface area (Å²) in [4.78, 5) is 0. The number of anilines is 1. The largest absolute Gasteiger partial charge is 0.398 e. The Labute approximate surface area is 98.3 Å². The van der Waals surface area contributed by atoms with E-state index in [0.717, 1.165) is 5.56 Å². The number of nitrogen functional groups attached to an aromatic ring is 1. The molecule has 4 heteroatoms. The van der Waals surface area contributed by atoms with Crippen molar-refractivity contribution in [1.29, 1.82) is 0 Å². The van der Waals surface area contributed by atoms with E-state index in [4.69, 9.17) is 17.3 Å². The molecule has 0 saturated heterocycles. The molecule has 0 radical (unpaired) electrons. The van der Waals surface area contributed by atoms with Crippen LogP contribution in [0.3, 0.4) is 0 Å². The van der Waals surface area contributed by atoms with Crippen LogP contribution in [0.1, 0.15) is 26.3 Å². The van der Waals surface area contributed by atoms with E-state index in [9.17, 15) is 4.21 Å². The first-order valence-corrected chi connectivity index (χ1v) is 6.43. The fourth-order valence-electron chi connectivity index (χ4n) is 1.06. The van der Waals surface area contributed by atoms with Crippen molar-refractivity contribution < 1.29 is 4.21 Å². The van der Waals surface area contributed by atoms with Crippen LogP contribution in [0.25, 0.3) is 0 Å². The van der Waals surface area contributed by atoms with Crippen molar-refractivity contribution in [2.45, 2.75) is 31.3 Å². The molecule has 0 fully saturated rings. The summed E-state index contributed by atoms with van der Waals surface area (Å²) in [6, 6.07) is 5.26. The molecule has 1 unspecified atom stereocenters. The lowest BCUT2D eigenvalue weighted by atomic mass is 10.2. The molecule has 15 heavy (non-hydrogen) atoms. The molecule has 0 amide bonds. The molecule has 1 aromatic carbocycles. The van der Waals surface area contributed by atoms with Gasteiger partial charge in [-0.3, -0.25) is 4.21 Å². The second kappa shape index (κ2) is 4.54. The molecule has 1 aromatic rings. The summed E-state index contributed by atoms with van der Waals surface area (Å²) < 4.78 is 11.7. The third kappa shape index (κ3) is 3.50. The van der Waals surface area contributed by atoms with Gasteiger partial charge in [0.05, 0.1) is 5.75 Å². The van der Waals surface area contributed by atoms with Gasteiger partial charge in [0.15, 0.2) is 0 Å². The third-order valence-electron chi connectivity index (χ3n) is 2.07. The highest BCUT2D eigenvalue weighted by Crippen LogP contribution is 2.23. The van der Waals surface area contributed by atoms with Gasteiger partial charge in [0, 0.05) is 26.3 Å². The van der Waals surface area contributed by atoms with Crippen molar-refractivity contribution in [1.82, 2.24) is 0 Å². The topological polar surface area (TPSA) is 43.1 Å². The summed E-state index contributed by atoms with van der Waals surface area (Å²) in [6.07, 6.45) is 0. The maximum atomic E-state index is 11.9. The molecular weight excluding hydrogens is 230 g/mol. The highest BCUT2D eigenvalue weighted by Gasteiger charge is 2.20. The van der Waals surface area contributed by atoms with E-state index in [1.165, 1.54) is 0 Å². The smallest absolute Gasteiger partial charge is 0.0511 e. The molecule has 0 spiro atoms. The summed E-state index contributed by atoms with van der Waals surface area (Å²) in [7, 11) is -0.945. The van der Waals surface area contributed by atoms with Crippen LogP contribution in [-0.2, 0) is 16.6 Å². The van der Waals surface area contributed by atoms with Crippen molar-refractivity contribution in [3.63, 3.8) is 0 Å². The molecule has 1 atom stereocenters. The highest BCUT2D eigenvalue weighted by atomic mass is 35.5. The third-order valence-corrected chi connectivity index (χ3v) is 4.25. The minimum Gasteiger partial charge on any atom is -0.398 e. The van der Waals surface area contributed by atoms with Gasteiger partial charge in [-0.25, -0.2) is 0 Å². The van der Waals surface area contributed by atoms with Gasteiger partial charge in [-0.05, 0) is 44.5 Å². The lowest BCUT2D eigenvalue weighted by Gasteiger charge is -2.18. The molecule has 2 nitrogen and oxygen atoms in total. The lowest BCUT2D eigenvalue weighted by Crippen LogP contribution is -2.23. The average Bonchev–Trinajstić information content (AvgIpc) is 2.09. The summed E-state index contributed by atoms with van der Waals surface area (Å²) in [5.74, 6) is 0.454. The van der Waals surface area contributed by atoms with E-state index in [-0.39, 0.29) is 4.75 Å². The van der Waals surface area contributed by atoms with Crippen LogP contribution >= 0.6 is 11.6 Å². The molecule has 2 N–H and O–H groups in total. The zero-order valence-corrected chi connectivity index (χ0v) is 10.8. The van der Waals surface area contributed by atoms with Crippen LogP contribution in [0.5, 0.6) is 0 Å². The first-order chi connectivity index (χ1) is 6.80. The standard InChI is InChI=1S/C11H16ClNOS/c1-11(2,3)15(14)7-8-6-9(12)4-5-10(8)13/h4-6H,7,13H2,1-3H3. The number of benzene rings is 1. The molecule has 0 aliphatic rings. The molecule has 0 bridgehead atoms. The second-order valence-corrected chi connectivity index (χ2v) is 7.09. The van der Waals surface area contributed by atoms with Crippen molar-refractivity contribution in [2.24, 2.45) is 0 Å². The van der Waals surface area contributed by atoms with E-state index in [1.807, 2.05) is 20.8 Å². The Morgan fingerprint density at radius 3 is 2.53 bits per heavy atom. The zero-order chi connectivity index (χ0) is 11.6. The molecule has 0 aliphatic heterocycles. The SMILES string of the molecule is CC(C)(C)S(=O)Cc1cc(Cl)ccc1N. The number of hydrogen-bond acceptors (Lipinski definition) is 2. The maximum Gasteiger partial charge on any atom is 0.0511 e. The molecule has 0 saturated carbocycles. The van der Waals surface area contributed by atoms with Crippen LogP contribution in [0.15, 0.2) is 18.2 Å². The molecular formula is C11H16ClNOS. The number of halogens is 1. The van der Waals surface area contributed by atoms with Gasteiger partial charge in [-0.1, -0.05) is 11.6 Å². The van der Waals surface area contributed by atoms with E-state index >= 15 is 0 Å². The molecule has 0 aliphatic carbocycles. The van der Waals surface area contributed by atoms with Crippen molar-refractivity contribution in [3.8, 4) is 0 Å². The fourth-order valence-corrected chi connectivity index (χ4v) is 2.22. The van der Waals surface area contributed by atoms with Crippen molar-refractivity contribution >= 4 is 28.1 Å². The average molecular weight is 246 g/mol. The van der Waals surface area contributed by atoms with Crippen LogP contribution in [0.4, 0.5) is 5.69 Å². The fraction of sp³-hybridized carbons (Fsp3) is 0.455. The Balaban J connectivity index is 2.90. The summed E-state index contributed by atoms with van der Waals surface area (Å²) >= 11 is 5.86. The second-order valence-electron chi connectivity index (χ2n) is 4.45. The van der Waals surface area contributed by atoms with Gasteiger partial charge in [0.2, 0.25) is 0 Å². The summed E-state index contributed by atoms with van der Waals surface area (Å²) in [6.45, 7) is 5.84. The minimum absolute atomic E-state index is 0.227. The minimum atomic E-state index is -0.945. The number of hydrogen-bond donors (Lipinski definition) is 1. The maximum absolute atomic E-state index is 11.9. The monoisotopic (exact) mass is 245 g/mol. The van der Waals surface area contributed by atoms with Crippen molar-refractivity contribution in [3.05, 3.63) is 28.8 Å². The predicted molar refractivity (Wildman–Crippen MR) is 67.5 cm³/mol. The van der Waals surface area contributed by atoms with E-state index in [1.54, 1.807) is 18.2 Å². The Morgan fingerprint density at radius 1 is 1.40 bits per heavy atom. The molecule has 0 heterocycles. The van der Waals surface area contributed by atoms with Gasteiger partial charge in [-0.15, -0.1) is 0 Å². The Bertz CT molecular complexity index is 385. The van der Waals surface area contributed by atoms with Crippen molar-refractivity contribution in [2.75, 3.05) is 5.73 Å². The molecule has 1 rings (SSSR count). The number of nitrogens with two attached hydrogens (primary N) is 1. The number of rotatable bonds is 2. The summed E-state index contributed by atoms with van der Waals surface area (Å²) in [5, 5.41) is 0.630.